The minimum absolute atomic E-state index is 0.0119. The second kappa shape index (κ2) is 9.17. The highest BCUT2D eigenvalue weighted by Crippen LogP contribution is 2.34. The fraction of sp³-hybridized carbons (Fsp3) is 0.150. The number of anilines is 1. The van der Waals surface area contributed by atoms with Gasteiger partial charge >= 0.3 is 0 Å². The van der Waals surface area contributed by atoms with Gasteiger partial charge in [0.15, 0.2) is 5.82 Å². The molecule has 11 heteroatoms. The van der Waals surface area contributed by atoms with Gasteiger partial charge < -0.3 is 5.32 Å². The summed E-state index contributed by atoms with van der Waals surface area (Å²) in [5.41, 5.74) is 0.732. The predicted octanol–water partition coefficient (Wildman–Crippen LogP) is 4.20. The van der Waals surface area contributed by atoms with E-state index >= 15 is 0 Å². The Morgan fingerprint density at radius 3 is 2.48 bits per heavy atom. The zero-order chi connectivity index (χ0) is 22.9. The third kappa shape index (κ3) is 4.48. The molecule has 3 aromatic rings. The van der Waals surface area contributed by atoms with Crippen LogP contribution in [0.1, 0.15) is 33.3 Å². The summed E-state index contributed by atoms with van der Waals surface area (Å²) in [4.78, 5) is 43.7. The second-order valence-corrected chi connectivity index (χ2v) is 8.08. The van der Waals surface area contributed by atoms with Gasteiger partial charge in [0, 0.05) is 26.2 Å². The second-order valence-electron chi connectivity index (χ2n) is 6.45. The average molecular weight is 525 g/mol. The Bertz CT molecular complexity index is 1210. The first-order valence-electron chi connectivity index (χ1n) is 8.89. The molecule has 0 spiro atoms. The van der Waals surface area contributed by atoms with Crippen molar-refractivity contribution in [3.63, 3.8) is 0 Å². The Balaban J connectivity index is 2.23. The summed E-state index contributed by atoms with van der Waals surface area (Å²) < 4.78 is 1.54. The first-order valence-corrected chi connectivity index (χ1v) is 10.4. The van der Waals surface area contributed by atoms with E-state index in [0.29, 0.717) is 10.2 Å². The number of imide groups is 1. The van der Waals surface area contributed by atoms with E-state index < -0.39 is 17.7 Å². The molecule has 2 aromatic heterocycles. The van der Waals surface area contributed by atoms with Gasteiger partial charge in [-0.05, 0) is 52.7 Å². The van der Waals surface area contributed by atoms with Crippen LogP contribution in [0.5, 0.6) is 0 Å². The van der Waals surface area contributed by atoms with Crippen LogP contribution in [-0.4, -0.2) is 39.5 Å². The molecule has 160 valence electrons. The van der Waals surface area contributed by atoms with Crippen molar-refractivity contribution in [3.05, 3.63) is 68.0 Å². The van der Waals surface area contributed by atoms with Crippen molar-refractivity contribution in [2.24, 2.45) is 0 Å². The van der Waals surface area contributed by atoms with Gasteiger partial charge in [0.25, 0.3) is 11.8 Å². The minimum atomic E-state index is -0.761. The van der Waals surface area contributed by atoms with Crippen LogP contribution in [0.15, 0.2) is 41.1 Å². The molecule has 31 heavy (non-hydrogen) atoms. The van der Waals surface area contributed by atoms with Crippen molar-refractivity contribution in [1.29, 1.82) is 0 Å². The lowest BCUT2D eigenvalue weighted by Gasteiger charge is -2.23. The van der Waals surface area contributed by atoms with Crippen LogP contribution in [-0.2, 0) is 4.79 Å². The minimum Gasteiger partial charge on any atom is -0.355 e. The van der Waals surface area contributed by atoms with Crippen molar-refractivity contribution in [1.82, 2.24) is 20.1 Å². The summed E-state index contributed by atoms with van der Waals surface area (Å²) in [6.07, 6.45) is 1.49. The molecule has 3 rings (SSSR count). The smallest absolute Gasteiger partial charge is 0.283 e. The molecule has 0 bridgehead atoms. The number of carbonyl (C=O) groups excluding carboxylic acids is 3. The predicted molar refractivity (Wildman–Crippen MR) is 121 cm³/mol. The molecule has 0 aliphatic carbocycles. The van der Waals surface area contributed by atoms with E-state index in [1.165, 1.54) is 30.9 Å². The van der Waals surface area contributed by atoms with E-state index in [4.69, 9.17) is 23.2 Å². The lowest BCUT2D eigenvalue weighted by atomic mass is 10.1. The van der Waals surface area contributed by atoms with Gasteiger partial charge in [-0.25, -0.2) is 14.6 Å². The van der Waals surface area contributed by atoms with Gasteiger partial charge in [-0.3, -0.25) is 14.4 Å². The summed E-state index contributed by atoms with van der Waals surface area (Å²) in [7, 11) is 1.44. The monoisotopic (exact) mass is 523 g/mol. The Labute approximate surface area is 196 Å². The molecule has 1 aromatic carbocycles. The third-order valence-electron chi connectivity index (χ3n) is 4.26. The van der Waals surface area contributed by atoms with Crippen LogP contribution >= 0.6 is 39.1 Å². The molecule has 1 N–H and O–H groups in total. The maximum atomic E-state index is 13.6. The maximum absolute atomic E-state index is 13.6. The Morgan fingerprint density at radius 2 is 1.87 bits per heavy atom. The number of aryl methyl sites for hydroxylation is 1. The van der Waals surface area contributed by atoms with E-state index in [9.17, 15) is 14.4 Å². The zero-order valence-corrected chi connectivity index (χ0v) is 19.7. The maximum Gasteiger partial charge on any atom is 0.283 e. The van der Waals surface area contributed by atoms with E-state index in [0.717, 1.165) is 4.90 Å². The molecular formula is C20H16BrCl2N5O3. The van der Waals surface area contributed by atoms with Crippen LogP contribution in [0.25, 0.3) is 5.82 Å². The van der Waals surface area contributed by atoms with E-state index in [1.807, 2.05) is 0 Å². The zero-order valence-electron chi connectivity index (χ0n) is 16.6. The average Bonchev–Trinajstić information content (AvgIpc) is 3.10. The molecule has 0 saturated heterocycles. The largest absolute Gasteiger partial charge is 0.355 e. The fourth-order valence-corrected chi connectivity index (χ4v) is 3.92. The van der Waals surface area contributed by atoms with Crippen LogP contribution in [0.4, 0.5) is 5.69 Å². The van der Waals surface area contributed by atoms with E-state index in [2.05, 4.69) is 31.3 Å². The molecule has 8 nitrogen and oxygen atoms in total. The van der Waals surface area contributed by atoms with Crippen molar-refractivity contribution >= 4 is 62.5 Å². The van der Waals surface area contributed by atoms with Gasteiger partial charge in [-0.1, -0.05) is 23.2 Å². The molecule has 0 aliphatic heterocycles. The Morgan fingerprint density at radius 1 is 1.16 bits per heavy atom. The molecule has 0 unspecified atom stereocenters. The van der Waals surface area contributed by atoms with E-state index in [-0.39, 0.29) is 32.8 Å². The molecule has 0 aliphatic rings. The van der Waals surface area contributed by atoms with Crippen molar-refractivity contribution in [2.45, 2.75) is 13.8 Å². The van der Waals surface area contributed by atoms with Gasteiger partial charge in [-0.2, -0.15) is 5.10 Å². The summed E-state index contributed by atoms with van der Waals surface area (Å²) in [5, 5.41) is 7.05. The molecule has 0 atom stereocenters. The quantitative estimate of drug-likeness (QED) is 0.551. The normalized spacial score (nSPS) is 10.6. The Kier molecular flexibility index (Phi) is 6.78. The van der Waals surface area contributed by atoms with Crippen molar-refractivity contribution in [2.75, 3.05) is 11.9 Å². The number of carbonyl (C=O) groups is 3. The molecule has 3 amide bonds. The summed E-state index contributed by atoms with van der Waals surface area (Å²) in [6, 6.07) is 7.76. The molecule has 2 heterocycles. The van der Waals surface area contributed by atoms with Crippen LogP contribution < -0.4 is 10.2 Å². The summed E-state index contributed by atoms with van der Waals surface area (Å²) in [6.45, 7) is 2.95. The number of hydrogen-bond acceptors (Lipinski definition) is 5. The Hall–Kier alpha value is -2.75. The standard InChI is InChI=1S/C20H16BrCl2N5O3/c1-10-7-12(19(30)24-3)17(14(23)8-10)27(11(2)29)20(31)15-9-16(21)26-28(15)18-13(22)5-4-6-25-18/h4-9H,1-3H3,(H,24,30). The number of nitrogens with zero attached hydrogens (tertiary/aromatic N) is 4. The third-order valence-corrected chi connectivity index (χ3v) is 5.23. The van der Waals surface area contributed by atoms with Gasteiger partial charge in [0.2, 0.25) is 5.91 Å². The van der Waals surface area contributed by atoms with Gasteiger partial charge in [-0.15, -0.1) is 0 Å². The SMILES string of the molecule is CNC(=O)c1cc(C)cc(Cl)c1N(C(C)=O)C(=O)c1cc(Br)nn1-c1ncccc1Cl. The molecule has 0 fully saturated rings. The molecule has 0 radical (unpaired) electrons. The topological polar surface area (TPSA) is 97.2 Å². The number of rotatable bonds is 4. The first kappa shape index (κ1) is 22.9. The molecule has 0 saturated carbocycles. The fourth-order valence-electron chi connectivity index (χ4n) is 2.99. The number of amides is 3. The lowest BCUT2D eigenvalue weighted by Crippen LogP contribution is -2.38. The number of pyridine rings is 1. The van der Waals surface area contributed by atoms with Crippen molar-refractivity contribution < 1.29 is 14.4 Å². The number of nitrogens with one attached hydrogen (secondary N) is 1. The molecular weight excluding hydrogens is 509 g/mol. The first-order chi connectivity index (χ1) is 14.6. The number of hydrogen-bond donors (Lipinski definition) is 1. The number of halogens is 3. The summed E-state index contributed by atoms with van der Waals surface area (Å²) >= 11 is 15.9. The number of benzene rings is 1. The van der Waals surface area contributed by atoms with Crippen LogP contribution in [0.3, 0.4) is 0 Å². The van der Waals surface area contributed by atoms with Gasteiger partial charge in [0.1, 0.15) is 10.3 Å². The highest BCUT2D eigenvalue weighted by atomic mass is 79.9. The highest BCUT2D eigenvalue weighted by molar-refractivity contribution is 9.10. The van der Waals surface area contributed by atoms with Crippen LogP contribution in [0, 0.1) is 6.92 Å². The number of aromatic nitrogens is 3. The van der Waals surface area contributed by atoms with Crippen LogP contribution in [0.2, 0.25) is 10.0 Å². The van der Waals surface area contributed by atoms with Crippen molar-refractivity contribution in [3.8, 4) is 5.82 Å². The highest BCUT2D eigenvalue weighted by Gasteiger charge is 2.32. The van der Waals surface area contributed by atoms with E-state index in [1.54, 1.807) is 31.2 Å². The lowest BCUT2D eigenvalue weighted by molar-refractivity contribution is -0.115. The van der Waals surface area contributed by atoms with Gasteiger partial charge in [0.05, 0.1) is 21.3 Å². The summed E-state index contributed by atoms with van der Waals surface area (Å²) in [5.74, 6) is -1.70.